The van der Waals surface area contributed by atoms with Gasteiger partial charge in [0.25, 0.3) is 11.8 Å². The summed E-state index contributed by atoms with van der Waals surface area (Å²) in [6, 6.07) is 63.3. The van der Waals surface area contributed by atoms with Crippen LogP contribution in [0.25, 0.3) is 66.1 Å². The van der Waals surface area contributed by atoms with Crippen molar-refractivity contribution in [1.82, 2.24) is 10.6 Å². The third-order valence-corrected chi connectivity index (χ3v) is 13.0. The van der Waals surface area contributed by atoms with E-state index in [-0.39, 0.29) is 48.6 Å². The maximum Gasteiger partial charge on any atom is 0.251 e. The van der Waals surface area contributed by atoms with Crippen molar-refractivity contribution in [1.29, 1.82) is 0 Å². The lowest BCUT2D eigenvalue weighted by atomic mass is 9.87. The summed E-state index contributed by atoms with van der Waals surface area (Å²) in [6.07, 6.45) is 0.431. The first-order valence-electron chi connectivity index (χ1n) is 23.8. The molecule has 0 aliphatic carbocycles. The molecule has 8 nitrogen and oxygen atoms in total. The van der Waals surface area contributed by atoms with Gasteiger partial charge in [-0.25, -0.2) is 0 Å². The van der Waals surface area contributed by atoms with Crippen LogP contribution < -0.4 is 21.3 Å². The molecule has 9 aromatic rings. The quantitative estimate of drug-likeness (QED) is 0.0869. The highest BCUT2D eigenvalue weighted by atomic mass is 16.2. The van der Waals surface area contributed by atoms with E-state index in [0.29, 0.717) is 22.5 Å². The van der Waals surface area contributed by atoms with Gasteiger partial charge in [-0.15, -0.1) is 0 Å². The Morgan fingerprint density at radius 3 is 1.06 bits per heavy atom. The van der Waals surface area contributed by atoms with Crippen LogP contribution in [0.1, 0.15) is 84.5 Å². The minimum Gasteiger partial charge on any atom is -0.346 e. The molecule has 1 unspecified atom stereocenters. The lowest BCUT2D eigenvalue weighted by Gasteiger charge is -2.23. The third-order valence-electron chi connectivity index (χ3n) is 13.0. The zero-order valence-electron chi connectivity index (χ0n) is 39.7. The Morgan fingerprint density at radius 2 is 0.714 bits per heavy atom. The third kappa shape index (κ3) is 9.71. The first-order chi connectivity index (χ1) is 34.1. The molecule has 0 fully saturated rings. The fraction of sp³-hybridized carbons (Fsp3) is 0.129. The van der Waals surface area contributed by atoms with Crippen LogP contribution in [0.2, 0.25) is 0 Å². The number of rotatable bonds is 14. The monoisotopic (exact) mass is 918 g/mol. The summed E-state index contributed by atoms with van der Waals surface area (Å²) in [6.45, 7) is 7.56. The van der Waals surface area contributed by atoms with Crippen LogP contribution in [0.5, 0.6) is 0 Å². The summed E-state index contributed by atoms with van der Waals surface area (Å²) >= 11 is 0. The highest BCUT2D eigenvalue weighted by molar-refractivity contribution is 6.17. The van der Waals surface area contributed by atoms with E-state index in [2.05, 4.69) is 57.7 Å². The minimum atomic E-state index is -0.206. The van der Waals surface area contributed by atoms with E-state index in [1.54, 1.807) is 13.8 Å². The molecule has 0 saturated carbocycles. The normalized spacial score (nSPS) is 11.9. The average molecular weight is 919 g/mol. The molecule has 9 aromatic carbocycles. The molecule has 70 heavy (non-hydrogen) atoms. The van der Waals surface area contributed by atoms with Crippen LogP contribution >= 0.6 is 0 Å². The van der Waals surface area contributed by atoms with Crippen molar-refractivity contribution in [2.24, 2.45) is 0 Å². The molecule has 0 heterocycles. The van der Waals surface area contributed by atoms with Gasteiger partial charge >= 0.3 is 0 Å². The highest BCUT2D eigenvalue weighted by Gasteiger charge is 2.24. The summed E-state index contributed by atoms with van der Waals surface area (Å²) in [7, 11) is 0. The molecule has 0 spiro atoms. The van der Waals surface area contributed by atoms with Gasteiger partial charge in [0, 0.05) is 35.1 Å². The number of carbonyl (C=O) groups is 4. The van der Waals surface area contributed by atoms with Gasteiger partial charge < -0.3 is 21.3 Å². The van der Waals surface area contributed by atoms with Crippen molar-refractivity contribution in [2.45, 2.75) is 52.6 Å². The number of amides is 4. The first kappa shape index (κ1) is 46.5. The van der Waals surface area contributed by atoms with Gasteiger partial charge in [-0.2, -0.15) is 0 Å². The zero-order valence-corrected chi connectivity index (χ0v) is 39.7. The molecule has 0 aliphatic heterocycles. The second-order valence-electron chi connectivity index (χ2n) is 17.5. The number of anilines is 2. The number of fused-ring (bicyclic) bond motifs is 2. The largest absolute Gasteiger partial charge is 0.346 e. The van der Waals surface area contributed by atoms with Crippen LogP contribution in [0.15, 0.2) is 194 Å². The van der Waals surface area contributed by atoms with Gasteiger partial charge in [0.2, 0.25) is 11.8 Å². The van der Waals surface area contributed by atoms with Crippen LogP contribution in [0, 0.1) is 0 Å². The molecule has 0 bridgehead atoms. The fourth-order valence-corrected chi connectivity index (χ4v) is 9.19. The van der Waals surface area contributed by atoms with E-state index in [4.69, 9.17) is 0 Å². The van der Waals surface area contributed by atoms with Gasteiger partial charge in [-0.1, -0.05) is 184 Å². The fourth-order valence-electron chi connectivity index (χ4n) is 9.19. The van der Waals surface area contributed by atoms with Crippen LogP contribution in [-0.2, 0) is 9.59 Å². The molecule has 4 amide bonds. The number of hydrogen-bond acceptors (Lipinski definition) is 4. The lowest BCUT2D eigenvalue weighted by molar-refractivity contribution is -0.116. The second kappa shape index (κ2) is 20.7. The molecule has 9 rings (SSSR count). The molecule has 8 heteroatoms. The number of hydrogen-bond donors (Lipinski definition) is 4. The van der Waals surface area contributed by atoms with Gasteiger partial charge in [-0.05, 0) is 104 Å². The van der Waals surface area contributed by atoms with Crippen molar-refractivity contribution in [3.05, 3.63) is 216 Å². The minimum absolute atomic E-state index is 0.161. The van der Waals surface area contributed by atoms with E-state index in [1.807, 2.05) is 172 Å². The van der Waals surface area contributed by atoms with Crippen molar-refractivity contribution < 1.29 is 19.2 Å². The van der Waals surface area contributed by atoms with Crippen LogP contribution in [0.3, 0.4) is 0 Å². The topological polar surface area (TPSA) is 116 Å². The van der Waals surface area contributed by atoms with Gasteiger partial charge in [-0.3, -0.25) is 19.2 Å². The molecule has 0 aromatic heterocycles. The Morgan fingerprint density at radius 1 is 0.371 bits per heavy atom. The molecule has 0 aliphatic rings. The van der Waals surface area contributed by atoms with Crippen LogP contribution in [0.4, 0.5) is 11.4 Å². The second-order valence-corrected chi connectivity index (χ2v) is 17.5. The number of nitrogens with one attached hydrogen (secondary N) is 4. The van der Waals surface area contributed by atoms with Crippen molar-refractivity contribution in [3.63, 3.8) is 0 Å². The van der Waals surface area contributed by atoms with Crippen LogP contribution in [-0.4, -0.2) is 23.6 Å². The SMILES string of the molecule is CCC(=O)Nc1c(-c2cccc3cccc(-c4ccc(C(=O)NC(C)c5ccccc5)cc4)c23)ccc(-c2cccc3cccc(-c4ccc(C(=O)N[C@H](C)c5ccccc5)cc4)c23)c1NC(=O)CC. The Kier molecular flexibility index (Phi) is 13.8. The molecule has 0 radical (unpaired) electrons. The summed E-state index contributed by atoms with van der Waals surface area (Å²) in [5.41, 5.74) is 11.0. The van der Waals surface area contributed by atoms with E-state index in [0.717, 1.165) is 77.2 Å². The van der Waals surface area contributed by atoms with E-state index in [9.17, 15) is 19.2 Å². The molecule has 4 N–H and O–H groups in total. The van der Waals surface area contributed by atoms with Gasteiger partial charge in [0.1, 0.15) is 0 Å². The summed E-state index contributed by atoms with van der Waals surface area (Å²) in [5.74, 6) is -0.737. The highest BCUT2D eigenvalue weighted by Crippen LogP contribution is 2.48. The Labute approximate surface area is 408 Å². The maximum absolute atomic E-state index is 13.7. The number of carbonyl (C=O) groups excluding carboxylic acids is 4. The lowest BCUT2D eigenvalue weighted by Crippen LogP contribution is -2.26. The molecule has 0 saturated heterocycles. The predicted octanol–water partition coefficient (Wildman–Crippen LogP) is 14.3. The Bertz CT molecular complexity index is 3150. The van der Waals surface area contributed by atoms with Gasteiger partial charge in [0.05, 0.1) is 23.5 Å². The molecule has 2 atom stereocenters. The molecule has 346 valence electrons. The average Bonchev–Trinajstić information content (AvgIpc) is 3.41. The van der Waals surface area contributed by atoms with E-state index in [1.165, 1.54) is 0 Å². The molecular weight excluding hydrogens is 865 g/mol. The summed E-state index contributed by atoms with van der Waals surface area (Å²) in [5, 5.41) is 16.6. The smallest absolute Gasteiger partial charge is 0.251 e. The molecular formula is C62H54N4O4. The predicted molar refractivity (Wildman–Crippen MR) is 286 cm³/mol. The van der Waals surface area contributed by atoms with Gasteiger partial charge in [0.15, 0.2) is 0 Å². The van der Waals surface area contributed by atoms with Crippen molar-refractivity contribution in [3.8, 4) is 44.5 Å². The number of benzene rings is 9. The summed E-state index contributed by atoms with van der Waals surface area (Å²) < 4.78 is 0. The maximum atomic E-state index is 13.7. The van der Waals surface area contributed by atoms with E-state index >= 15 is 0 Å². The van der Waals surface area contributed by atoms with Crippen molar-refractivity contribution in [2.75, 3.05) is 10.6 Å². The van der Waals surface area contributed by atoms with Crippen molar-refractivity contribution >= 4 is 56.5 Å². The Balaban J connectivity index is 1.14. The first-order valence-corrected chi connectivity index (χ1v) is 23.8. The summed E-state index contributed by atoms with van der Waals surface area (Å²) in [4.78, 5) is 54.2. The Hall–Kier alpha value is -8.62. The standard InChI is InChI=1S/C62H54N4O4/c1-5-55(67)65-59-53(51-27-15-23-45-21-13-25-49(57(45)51)43-29-33-47(34-30-43)61(69)63-39(3)41-17-9-7-10-18-41)37-38-54(60(59)66-56(68)6-2)52-28-16-24-46-22-14-26-50(58(46)52)44-31-35-48(36-32-44)62(70)64-40(4)42-19-11-8-12-20-42/h7-40H,5-6H2,1-4H3,(H,63,69)(H,64,70)(H,65,67)(H,66,68)/t39-,40?/m1/s1. The van der Waals surface area contributed by atoms with E-state index < -0.39 is 0 Å². The zero-order chi connectivity index (χ0) is 48.7.